The van der Waals surface area contributed by atoms with Gasteiger partial charge in [0, 0.05) is 0 Å². The molecule has 1 aromatic carbocycles. The van der Waals surface area contributed by atoms with Gasteiger partial charge in [-0.1, -0.05) is 82.9 Å². The van der Waals surface area contributed by atoms with Gasteiger partial charge in [0.05, 0.1) is 4.90 Å². The van der Waals surface area contributed by atoms with Crippen LogP contribution >= 0.6 is 0 Å². The Balaban J connectivity index is 2.28. The van der Waals surface area contributed by atoms with Crippen LogP contribution in [0.15, 0.2) is 29.2 Å². The largest absolute Gasteiger partial charge is 0.270 e. The van der Waals surface area contributed by atoms with E-state index in [1.807, 2.05) is 16.9 Å². The van der Waals surface area contributed by atoms with E-state index < -0.39 is 10.0 Å². The quantitative estimate of drug-likeness (QED) is 0.312. The van der Waals surface area contributed by atoms with Gasteiger partial charge in [-0.2, -0.15) is 5.26 Å². The molecule has 0 aliphatic rings. The van der Waals surface area contributed by atoms with Crippen LogP contribution in [-0.2, 0) is 16.4 Å². The summed E-state index contributed by atoms with van der Waals surface area (Å²) in [6.07, 6.45) is 14.8. The molecule has 0 amide bonds. The lowest BCUT2D eigenvalue weighted by molar-refractivity contribution is 0.555. The van der Waals surface area contributed by atoms with Crippen molar-refractivity contribution < 1.29 is 8.42 Å². The van der Waals surface area contributed by atoms with Crippen LogP contribution < -0.4 is 4.72 Å². The van der Waals surface area contributed by atoms with Crippen LogP contribution in [0, 0.1) is 11.5 Å². The molecule has 134 valence electrons. The highest BCUT2D eigenvalue weighted by Gasteiger charge is 2.16. The molecular formula is C19H30N2O2S. The summed E-state index contributed by atoms with van der Waals surface area (Å²) >= 11 is 0. The maximum atomic E-state index is 12.0. The van der Waals surface area contributed by atoms with Crippen molar-refractivity contribution in [2.75, 3.05) is 0 Å². The van der Waals surface area contributed by atoms with Gasteiger partial charge in [0.2, 0.25) is 0 Å². The second-order valence-electron chi connectivity index (χ2n) is 6.26. The average Bonchev–Trinajstić information content (AvgIpc) is 2.57. The topological polar surface area (TPSA) is 70.0 Å². The fourth-order valence-electron chi connectivity index (χ4n) is 2.89. The number of unbranched alkanes of at least 4 members (excludes halogenated alkanes) is 9. The van der Waals surface area contributed by atoms with E-state index in [1.54, 1.807) is 12.1 Å². The zero-order valence-electron chi connectivity index (χ0n) is 14.8. The molecule has 0 bridgehead atoms. The summed E-state index contributed by atoms with van der Waals surface area (Å²) in [4.78, 5) is 0.225. The first kappa shape index (κ1) is 20.5. The maximum Gasteiger partial charge on any atom is 0.270 e. The zero-order chi connectivity index (χ0) is 17.7. The molecule has 0 spiro atoms. The van der Waals surface area contributed by atoms with Crippen molar-refractivity contribution in [2.45, 2.75) is 82.4 Å². The molecule has 5 heteroatoms. The molecule has 0 unspecified atom stereocenters. The zero-order valence-corrected chi connectivity index (χ0v) is 15.6. The summed E-state index contributed by atoms with van der Waals surface area (Å²) in [6, 6.07) is 6.93. The van der Waals surface area contributed by atoms with E-state index in [1.165, 1.54) is 57.6 Å². The van der Waals surface area contributed by atoms with Gasteiger partial charge in [-0.3, -0.25) is 0 Å². The Hall–Kier alpha value is -1.54. The lowest BCUT2D eigenvalue weighted by Gasteiger charge is -2.09. The first-order chi connectivity index (χ1) is 11.6. The fraction of sp³-hybridized carbons (Fsp3) is 0.632. The van der Waals surface area contributed by atoms with Crippen LogP contribution in [0.4, 0.5) is 0 Å². The van der Waals surface area contributed by atoms with Gasteiger partial charge in [-0.25, -0.2) is 13.1 Å². The van der Waals surface area contributed by atoms with Crippen LogP contribution in [0.3, 0.4) is 0 Å². The highest BCUT2D eigenvalue weighted by Crippen LogP contribution is 2.18. The normalized spacial score (nSPS) is 11.2. The van der Waals surface area contributed by atoms with E-state index in [2.05, 4.69) is 6.92 Å². The Morgan fingerprint density at radius 3 is 2.04 bits per heavy atom. The minimum atomic E-state index is -3.71. The third-order valence-corrected chi connectivity index (χ3v) is 5.58. The third kappa shape index (κ3) is 7.83. The molecule has 0 aromatic heterocycles. The summed E-state index contributed by atoms with van der Waals surface area (Å²) in [6.45, 7) is 2.24. The number of nitrogens with one attached hydrogen (secondary N) is 1. The van der Waals surface area contributed by atoms with E-state index >= 15 is 0 Å². The number of rotatable bonds is 13. The second kappa shape index (κ2) is 11.9. The van der Waals surface area contributed by atoms with Gasteiger partial charge in [0.15, 0.2) is 6.19 Å². The summed E-state index contributed by atoms with van der Waals surface area (Å²) in [5.74, 6) is 0. The van der Waals surface area contributed by atoms with E-state index in [-0.39, 0.29) is 4.90 Å². The predicted octanol–water partition coefficient (Wildman–Crippen LogP) is 4.91. The van der Waals surface area contributed by atoms with Crippen molar-refractivity contribution in [1.29, 1.82) is 5.26 Å². The number of benzene rings is 1. The molecule has 24 heavy (non-hydrogen) atoms. The number of hydrogen-bond acceptors (Lipinski definition) is 3. The fourth-order valence-corrected chi connectivity index (χ4v) is 3.89. The molecule has 0 radical (unpaired) electrons. The van der Waals surface area contributed by atoms with E-state index in [0.29, 0.717) is 0 Å². The predicted molar refractivity (Wildman–Crippen MR) is 97.9 cm³/mol. The lowest BCUT2D eigenvalue weighted by atomic mass is 10.0. The molecule has 0 saturated carbocycles. The Morgan fingerprint density at radius 2 is 1.46 bits per heavy atom. The van der Waals surface area contributed by atoms with Crippen molar-refractivity contribution in [3.63, 3.8) is 0 Å². The monoisotopic (exact) mass is 350 g/mol. The van der Waals surface area contributed by atoms with E-state index in [4.69, 9.17) is 5.26 Å². The SMILES string of the molecule is CCCCCCCCCCCCc1ccccc1S(=O)(=O)NC#N. The first-order valence-corrected chi connectivity index (χ1v) is 10.6. The third-order valence-electron chi connectivity index (χ3n) is 4.24. The smallest absolute Gasteiger partial charge is 0.215 e. The molecule has 1 rings (SSSR count). The van der Waals surface area contributed by atoms with Gasteiger partial charge in [0.25, 0.3) is 10.0 Å². The second-order valence-corrected chi connectivity index (χ2v) is 7.91. The lowest BCUT2D eigenvalue weighted by Crippen LogP contribution is -2.19. The molecule has 0 heterocycles. The average molecular weight is 351 g/mol. The summed E-state index contributed by atoms with van der Waals surface area (Å²) in [7, 11) is -3.71. The van der Waals surface area contributed by atoms with Crippen LogP contribution in [0.25, 0.3) is 0 Å². The van der Waals surface area contributed by atoms with Crippen molar-refractivity contribution in [2.24, 2.45) is 0 Å². The van der Waals surface area contributed by atoms with Crippen LogP contribution in [0.5, 0.6) is 0 Å². The Morgan fingerprint density at radius 1 is 0.917 bits per heavy atom. The van der Waals surface area contributed by atoms with Gasteiger partial charge in [0.1, 0.15) is 0 Å². The number of aryl methyl sites for hydroxylation is 1. The molecule has 0 aliphatic heterocycles. The molecule has 0 fully saturated rings. The van der Waals surface area contributed by atoms with Crippen LogP contribution in [0.1, 0.15) is 76.7 Å². The molecule has 0 aliphatic carbocycles. The van der Waals surface area contributed by atoms with Gasteiger partial charge >= 0.3 is 0 Å². The van der Waals surface area contributed by atoms with Crippen LogP contribution in [-0.4, -0.2) is 8.42 Å². The van der Waals surface area contributed by atoms with Gasteiger partial charge in [-0.05, 0) is 24.5 Å². The number of hydrogen-bond donors (Lipinski definition) is 1. The maximum absolute atomic E-state index is 12.0. The van der Waals surface area contributed by atoms with Crippen molar-refractivity contribution >= 4 is 10.0 Å². The van der Waals surface area contributed by atoms with E-state index in [9.17, 15) is 8.42 Å². The minimum absolute atomic E-state index is 0.225. The Bertz CT molecular complexity index is 606. The van der Waals surface area contributed by atoms with Crippen LogP contribution in [0.2, 0.25) is 0 Å². The number of nitrogens with zero attached hydrogens (tertiary/aromatic N) is 1. The number of sulfonamides is 1. The van der Waals surface area contributed by atoms with Crippen molar-refractivity contribution in [3.05, 3.63) is 29.8 Å². The minimum Gasteiger partial charge on any atom is -0.215 e. The highest BCUT2D eigenvalue weighted by molar-refractivity contribution is 7.89. The van der Waals surface area contributed by atoms with E-state index in [0.717, 1.165) is 24.8 Å². The van der Waals surface area contributed by atoms with Gasteiger partial charge in [-0.15, -0.1) is 0 Å². The molecule has 4 nitrogen and oxygen atoms in total. The Kier molecular flexibility index (Phi) is 10.2. The summed E-state index contributed by atoms with van der Waals surface area (Å²) in [5, 5.41) is 8.58. The standard InChI is InChI=1S/C19H30N2O2S/c1-2-3-4-5-6-7-8-9-10-11-14-18-15-12-13-16-19(18)24(22,23)21-17-20/h12-13,15-16,21H,2-11,14H2,1H3. The summed E-state index contributed by atoms with van der Waals surface area (Å²) < 4.78 is 25.9. The van der Waals surface area contributed by atoms with Gasteiger partial charge < -0.3 is 0 Å². The molecule has 1 aromatic rings. The number of nitriles is 1. The molecule has 1 N–H and O–H groups in total. The first-order valence-electron chi connectivity index (χ1n) is 9.10. The molecular weight excluding hydrogens is 320 g/mol. The molecule has 0 atom stereocenters. The molecule has 0 saturated heterocycles. The van der Waals surface area contributed by atoms with Crippen molar-refractivity contribution in [3.8, 4) is 6.19 Å². The van der Waals surface area contributed by atoms with Crippen molar-refractivity contribution in [1.82, 2.24) is 4.72 Å². The summed E-state index contributed by atoms with van der Waals surface area (Å²) in [5.41, 5.74) is 0.791. The highest BCUT2D eigenvalue weighted by atomic mass is 32.2. The Labute approximate surface area is 147 Å².